The Kier molecular flexibility index (Phi) is 42.5. The maximum Gasteiger partial charge on any atom is 0.303 e. The third-order valence-corrected chi connectivity index (χ3v) is 21.2. The number of nitrogens with two attached hydrogens (primary N) is 6. The van der Waals surface area contributed by atoms with Crippen molar-refractivity contribution in [1.29, 1.82) is 5.41 Å². The molecule has 702 valence electrons. The average Bonchev–Trinajstić information content (AvgIpc) is 1.68. The van der Waals surface area contributed by atoms with Crippen molar-refractivity contribution in [2.75, 3.05) is 50.9 Å². The van der Waals surface area contributed by atoms with Crippen molar-refractivity contribution in [3.05, 3.63) is 102 Å². The van der Waals surface area contributed by atoms with Gasteiger partial charge in [-0.1, -0.05) is 48.5 Å². The lowest BCUT2D eigenvalue weighted by molar-refractivity contribution is -0.139. The van der Waals surface area contributed by atoms with E-state index in [0.29, 0.717) is 52.3 Å². The van der Waals surface area contributed by atoms with Gasteiger partial charge in [0.1, 0.15) is 84.9 Å². The Morgan fingerprint density at radius 2 is 1.09 bits per heavy atom. The van der Waals surface area contributed by atoms with Crippen molar-refractivity contribution >= 4 is 152 Å². The van der Waals surface area contributed by atoms with E-state index in [1.165, 1.54) is 36.7 Å². The number of phenols is 1. The number of carboxylic acids is 1. The number of ether oxygens (including phenoxy) is 1. The predicted molar refractivity (Wildman–Crippen MR) is 464 cm³/mol. The summed E-state index contributed by atoms with van der Waals surface area (Å²) in [5.41, 5.74) is 35.2. The van der Waals surface area contributed by atoms with Gasteiger partial charge in [0.15, 0.2) is 5.96 Å². The van der Waals surface area contributed by atoms with Gasteiger partial charge in [0, 0.05) is 98.5 Å². The summed E-state index contributed by atoms with van der Waals surface area (Å²) in [4.78, 5) is 268. The third kappa shape index (κ3) is 36.1. The number of para-hydroxylation sites is 2. The van der Waals surface area contributed by atoms with E-state index in [0.717, 1.165) is 25.6 Å². The highest BCUT2D eigenvalue weighted by Gasteiger charge is 2.40. The number of aromatic nitrogens is 2. The molecule has 5 aromatic rings. The highest BCUT2D eigenvalue weighted by Crippen LogP contribution is 2.23. The summed E-state index contributed by atoms with van der Waals surface area (Å²) < 4.78 is 5.27. The molecule has 1 aliphatic heterocycles. The van der Waals surface area contributed by atoms with Gasteiger partial charge in [-0.25, -0.2) is 0 Å². The number of nitrogens with one attached hydrogen (secondary N) is 18. The van der Waals surface area contributed by atoms with E-state index in [2.05, 4.69) is 89.7 Å². The second-order valence-electron chi connectivity index (χ2n) is 30.4. The maximum atomic E-state index is 15.6. The first-order valence-corrected chi connectivity index (χ1v) is 42.4. The van der Waals surface area contributed by atoms with Crippen LogP contribution in [-0.4, -0.2) is 273 Å². The second kappa shape index (κ2) is 52.8. The van der Waals surface area contributed by atoms with Crippen molar-refractivity contribution in [1.82, 2.24) is 89.7 Å². The number of benzene rings is 3. The number of H-pyrrole nitrogens is 2. The Morgan fingerprint density at radius 1 is 0.550 bits per heavy atom. The third-order valence-electron chi connectivity index (χ3n) is 20.1. The fourth-order valence-corrected chi connectivity index (χ4v) is 14.4. The van der Waals surface area contributed by atoms with Crippen LogP contribution >= 0.6 is 11.8 Å². The number of carbonyl (C=O) groups excluding carboxylic acids is 18. The van der Waals surface area contributed by atoms with Crippen LogP contribution in [0.1, 0.15) is 114 Å². The van der Waals surface area contributed by atoms with Crippen LogP contribution in [0.4, 0.5) is 0 Å². The van der Waals surface area contributed by atoms with Gasteiger partial charge in [-0.2, -0.15) is 11.8 Å². The average molecular weight is 1820 g/mol. The van der Waals surface area contributed by atoms with Gasteiger partial charge < -0.3 is 144 Å². The number of carboxylic acid groups (broad SMARTS) is 1. The van der Waals surface area contributed by atoms with Gasteiger partial charge in [0.25, 0.3) is 0 Å². The van der Waals surface area contributed by atoms with Crippen molar-refractivity contribution in [3.8, 4) is 5.75 Å². The number of phenolic OH excluding ortho intramolecular Hbond substituents is 1. The first kappa shape index (κ1) is 104. The Bertz CT molecular complexity index is 4820. The normalized spacial score (nSPS) is 18.1. The minimum atomic E-state index is -1.91. The molecule has 0 saturated carbocycles. The molecule has 1 saturated heterocycles. The van der Waals surface area contributed by atoms with Crippen LogP contribution in [0.25, 0.3) is 21.8 Å². The quantitative estimate of drug-likeness (QED) is 0.00977. The summed E-state index contributed by atoms with van der Waals surface area (Å²) in [5, 5.41) is 77.4. The molecule has 1 fully saturated rings. The van der Waals surface area contributed by atoms with Crippen LogP contribution in [0.3, 0.4) is 0 Å². The zero-order valence-corrected chi connectivity index (χ0v) is 71.8. The molecule has 1 aliphatic rings. The number of primary amides is 4. The standard InChI is InChI=1S/C81H114N24O23S/c1-41(106)68-80(127)103-59(34-45-37-92-50-13-6-4-11-48(45)50)78(125)99-53(20-23-62(83)109)73(120)104-61(40-129-31-26-56(94-42(2)107)74(121)97-54(75(122)105-68)21-24-63(84)110)79(126)100-57(32-43-16-18-46(108)19-17-43)76(123)101-58(33-44-36-91-49-12-5-3-10-47(44)49)77(124)96-52(15-9-28-90-81(87)88)71(118)98-55(22-25-67(114)115)72(119)102-60(35-64(85)111)70(117)93-38-65(112)89-29-30-128-39-66(113)95-51(69(86)116)14-7-8-27-82/h3-6,10-13,16-19,36-37,41,51-61,68,91-92,106,108H,7-9,14-15,20-35,38-40,82H2,1-2H3,(H2,83,109)(H2,84,110)(H2,85,111)(H2,86,116)(H,89,112)(H,93,117)(H,94,107)(H,95,113)(H,96,124)(H,97,121)(H,98,118)(H,99,125)(H,100,126)(H,101,123)(H,102,119)(H,103,127)(H,104,120)(H,105,122)(H,114,115)(H4,87,88,90)/t41-,51-,52+,53+,54+,55+,56+,57+,58+,59+,60+,61+,68+/m1/s1. The number of aromatic hydroxyl groups is 1. The molecule has 47 nitrogen and oxygen atoms in total. The van der Waals surface area contributed by atoms with E-state index in [1.54, 1.807) is 48.5 Å². The van der Waals surface area contributed by atoms with E-state index in [-0.39, 0.29) is 68.9 Å². The topological polar surface area (TPSA) is 786 Å². The fourth-order valence-electron chi connectivity index (χ4n) is 13.4. The lowest BCUT2D eigenvalue weighted by atomic mass is 10.0. The number of amides is 18. The number of aliphatic carboxylic acids is 1. The van der Waals surface area contributed by atoms with Gasteiger partial charge in [-0.3, -0.25) is 96.5 Å². The van der Waals surface area contributed by atoms with Crippen LogP contribution < -0.4 is 114 Å². The maximum absolute atomic E-state index is 15.6. The largest absolute Gasteiger partial charge is 0.508 e. The molecule has 0 unspecified atom stereocenters. The first-order chi connectivity index (χ1) is 61.3. The minimum Gasteiger partial charge on any atom is -0.508 e. The molecule has 13 atom stereocenters. The number of aliphatic hydroxyl groups is 1. The molecule has 0 aliphatic carbocycles. The first-order valence-electron chi connectivity index (χ1n) is 41.3. The Labute approximate surface area is 743 Å². The lowest BCUT2D eigenvalue weighted by Crippen LogP contribution is -2.62. The van der Waals surface area contributed by atoms with E-state index >= 15 is 19.2 Å². The molecule has 0 bridgehead atoms. The zero-order valence-electron chi connectivity index (χ0n) is 70.9. The number of guanidine groups is 1. The minimum absolute atomic E-state index is 0.104. The Morgan fingerprint density at radius 3 is 1.67 bits per heavy atom. The predicted octanol–water partition coefficient (Wildman–Crippen LogP) is -7.86. The summed E-state index contributed by atoms with van der Waals surface area (Å²) in [7, 11) is 0. The monoisotopic (exact) mass is 1820 g/mol. The van der Waals surface area contributed by atoms with Crippen LogP contribution in [0, 0.1) is 5.41 Å². The van der Waals surface area contributed by atoms with Crippen molar-refractivity contribution in [3.63, 3.8) is 0 Å². The smallest absolute Gasteiger partial charge is 0.303 e. The van der Waals surface area contributed by atoms with Crippen LogP contribution in [0.5, 0.6) is 5.75 Å². The number of fused-ring (bicyclic) bond motifs is 2. The van der Waals surface area contributed by atoms with Crippen molar-refractivity contribution in [2.45, 2.75) is 195 Å². The summed E-state index contributed by atoms with van der Waals surface area (Å²) in [6.45, 7) is 0.663. The molecule has 6 rings (SSSR count). The number of hydrogen-bond acceptors (Lipinski definition) is 25. The van der Waals surface area contributed by atoms with Crippen molar-refractivity contribution in [2.24, 2.45) is 34.4 Å². The highest BCUT2D eigenvalue weighted by atomic mass is 32.2. The van der Waals surface area contributed by atoms with Gasteiger partial charge in [-0.05, 0) is 118 Å². The lowest BCUT2D eigenvalue weighted by Gasteiger charge is -2.29. The number of aromatic amines is 2. The zero-order chi connectivity index (χ0) is 95.0. The van der Waals surface area contributed by atoms with Gasteiger partial charge in [0.2, 0.25) is 106 Å². The molecule has 0 spiro atoms. The molecule has 48 heteroatoms. The molecule has 33 N–H and O–H groups in total. The van der Waals surface area contributed by atoms with E-state index in [9.17, 15) is 87.2 Å². The van der Waals surface area contributed by atoms with Crippen LogP contribution in [0.2, 0.25) is 0 Å². The molecule has 3 aromatic carbocycles. The number of thioether (sulfide) groups is 1. The molecular formula is C81H114N24O23S. The molecule has 0 radical (unpaired) electrons. The van der Waals surface area contributed by atoms with Gasteiger partial charge in [0.05, 0.1) is 25.7 Å². The Hall–Kier alpha value is -14.0. The molecular weight excluding hydrogens is 1710 g/mol. The number of rotatable bonds is 47. The number of hydrogen-bond donors (Lipinski definition) is 27. The number of carbonyl (C=O) groups is 19. The van der Waals surface area contributed by atoms with Gasteiger partial charge in [-0.15, -0.1) is 0 Å². The van der Waals surface area contributed by atoms with E-state index in [1.807, 2.05) is 0 Å². The SMILES string of the molecule is CC(=O)N[C@H]1CCSC[C@@H](C(=O)N[C@@H](Cc2ccc(O)cc2)C(=O)N[C@@H](Cc2c[nH]c3ccccc23)C(=O)N[C@@H](CCCNC(=N)N)C(=O)N[C@@H](CCC(=O)O)C(=O)N[C@@H](CC(N)=O)C(=O)NCC(=O)NCCOCC(=O)N[C@H](CCCCN)C(N)=O)NC(=O)[C@H](CCC(N)=O)NC(=O)[C@H](Cc2c[nH]c3ccccc23)NC(=O)[C@H]([C@@H](C)O)NC(=O)[C@H](CCC(N)=O)NC1=O. The van der Waals surface area contributed by atoms with E-state index in [4.69, 9.17) is 44.5 Å². The highest BCUT2D eigenvalue weighted by molar-refractivity contribution is 7.99. The van der Waals surface area contributed by atoms with Gasteiger partial charge >= 0.3 is 5.97 Å². The summed E-state index contributed by atoms with van der Waals surface area (Å²) in [6.07, 6.45) is -4.09. The molecule has 3 heterocycles. The number of unbranched alkanes of at least 4 members (excludes halogenated alkanes) is 1. The summed E-state index contributed by atoms with van der Waals surface area (Å²) in [6, 6.07) is -1.85. The number of aliphatic hydroxyl groups excluding tert-OH is 1. The van der Waals surface area contributed by atoms with Crippen molar-refractivity contribution < 1.29 is 111 Å². The molecule has 18 amide bonds. The molecule has 129 heavy (non-hydrogen) atoms. The summed E-state index contributed by atoms with van der Waals surface area (Å²) >= 11 is 0.877. The van der Waals surface area contributed by atoms with E-state index < -0.39 is 274 Å². The van der Waals surface area contributed by atoms with Crippen LogP contribution in [0.15, 0.2) is 85.2 Å². The molecule has 2 aromatic heterocycles. The summed E-state index contributed by atoms with van der Waals surface area (Å²) in [5.74, 6) is -21.7. The second-order valence-corrected chi connectivity index (χ2v) is 31.6. The fraction of sp³-hybridized carbons (Fsp3) is 0.481. The Balaban J connectivity index is 1.35. The van der Waals surface area contributed by atoms with Crippen LogP contribution in [-0.2, 0) is 115 Å².